The average Bonchev–Trinajstić information content (AvgIpc) is 2.68. The largest absolute Gasteiger partial charge is 0.467 e. The van der Waals surface area contributed by atoms with Gasteiger partial charge in [-0.3, -0.25) is 9.59 Å². The minimum Gasteiger partial charge on any atom is -0.467 e. The second kappa shape index (κ2) is 10.5. The topological polar surface area (TPSA) is 84.5 Å². The van der Waals surface area contributed by atoms with E-state index >= 15 is 0 Å². The van der Waals surface area contributed by atoms with Crippen LogP contribution in [0.4, 0.5) is 0 Å². The number of ether oxygens (including phenoxy) is 1. The summed E-state index contributed by atoms with van der Waals surface area (Å²) >= 11 is 5.89. The van der Waals surface area contributed by atoms with Crippen molar-refractivity contribution in [1.29, 1.82) is 0 Å². The van der Waals surface area contributed by atoms with Crippen LogP contribution in [0, 0.1) is 0 Å². The third-order valence-corrected chi connectivity index (χ3v) is 4.38. The van der Waals surface area contributed by atoms with Crippen molar-refractivity contribution in [3.8, 4) is 0 Å². The minimum absolute atomic E-state index is 0.244. The standard InChI is InChI=1S/C21H23ClN2O4/c1-14(25)23-18(12-15-6-4-3-5-7-15)20(26)24-19(21(27)28-2)13-16-8-10-17(22)11-9-16/h3-11,18-19H,12-13H2,1-2H3,(H,23,25)(H,24,26)/t18-,19+/m1/s1. The van der Waals surface area contributed by atoms with Crippen molar-refractivity contribution in [3.63, 3.8) is 0 Å². The first-order chi connectivity index (χ1) is 13.4. The van der Waals surface area contributed by atoms with Gasteiger partial charge >= 0.3 is 5.97 Å². The zero-order valence-corrected chi connectivity index (χ0v) is 16.5. The zero-order valence-electron chi connectivity index (χ0n) is 15.8. The van der Waals surface area contributed by atoms with Gasteiger partial charge in [0.15, 0.2) is 0 Å². The number of hydrogen-bond donors (Lipinski definition) is 2. The molecule has 2 atom stereocenters. The molecule has 2 aromatic carbocycles. The summed E-state index contributed by atoms with van der Waals surface area (Å²) in [6, 6.07) is 14.6. The second-order valence-corrected chi connectivity index (χ2v) is 6.79. The molecule has 0 aromatic heterocycles. The molecule has 6 nitrogen and oxygen atoms in total. The molecule has 2 amide bonds. The molecule has 2 aromatic rings. The van der Waals surface area contributed by atoms with E-state index in [4.69, 9.17) is 16.3 Å². The zero-order chi connectivity index (χ0) is 20.5. The molecule has 0 aliphatic heterocycles. The van der Waals surface area contributed by atoms with Crippen molar-refractivity contribution in [2.24, 2.45) is 0 Å². The highest BCUT2D eigenvalue weighted by Crippen LogP contribution is 2.12. The molecule has 0 radical (unpaired) electrons. The van der Waals surface area contributed by atoms with Crippen LogP contribution in [0.5, 0.6) is 0 Å². The van der Waals surface area contributed by atoms with Crippen LogP contribution < -0.4 is 10.6 Å². The summed E-state index contributed by atoms with van der Waals surface area (Å²) in [5.41, 5.74) is 1.71. The second-order valence-electron chi connectivity index (χ2n) is 6.36. The molecule has 28 heavy (non-hydrogen) atoms. The van der Waals surface area contributed by atoms with E-state index in [9.17, 15) is 14.4 Å². The highest BCUT2D eigenvalue weighted by Gasteiger charge is 2.27. The van der Waals surface area contributed by atoms with Gasteiger partial charge in [0.1, 0.15) is 12.1 Å². The normalized spacial score (nSPS) is 12.5. The molecule has 2 N–H and O–H groups in total. The maximum Gasteiger partial charge on any atom is 0.328 e. The number of rotatable bonds is 8. The van der Waals surface area contributed by atoms with Crippen LogP contribution in [-0.4, -0.2) is 37.0 Å². The maximum atomic E-state index is 12.8. The van der Waals surface area contributed by atoms with E-state index in [1.807, 2.05) is 30.3 Å². The molecule has 148 valence electrons. The number of benzene rings is 2. The Morgan fingerprint density at radius 2 is 1.46 bits per heavy atom. The van der Waals surface area contributed by atoms with Crippen LogP contribution >= 0.6 is 11.6 Å². The molecular weight excluding hydrogens is 380 g/mol. The van der Waals surface area contributed by atoms with Gasteiger partial charge in [-0.1, -0.05) is 54.1 Å². The summed E-state index contributed by atoms with van der Waals surface area (Å²) in [5.74, 6) is -1.35. The van der Waals surface area contributed by atoms with Crippen LogP contribution in [-0.2, 0) is 32.0 Å². The van der Waals surface area contributed by atoms with E-state index in [1.165, 1.54) is 14.0 Å². The van der Waals surface area contributed by atoms with Crippen LogP contribution in [0.1, 0.15) is 18.1 Å². The fraction of sp³-hybridized carbons (Fsp3) is 0.286. The van der Waals surface area contributed by atoms with E-state index in [0.717, 1.165) is 11.1 Å². The Bertz CT molecular complexity index is 809. The average molecular weight is 403 g/mol. The molecule has 0 bridgehead atoms. The number of nitrogens with one attached hydrogen (secondary N) is 2. The van der Waals surface area contributed by atoms with E-state index in [0.29, 0.717) is 11.4 Å². The molecule has 0 saturated carbocycles. The lowest BCUT2D eigenvalue weighted by atomic mass is 10.0. The first kappa shape index (κ1) is 21.4. The number of hydrogen-bond acceptors (Lipinski definition) is 4. The number of carbonyl (C=O) groups is 3. The summed E-state index contributed by atoms with van der Waals surface area (Å²) in [6.07, 6.45) is 0.550. The summed E-state index contributed by atoms with van der Waals surface area (Å²) in [7, 11) is 1.26. The fourth-order valence-corrected chi connectivity index (χ4v) is 2.89. The van der Waals surface area contributed by atoms with Crippen molar-refractivity contribution in [1.82, 2.24) is 10.6 Å². The Kier molecular flexibility index (Phi) is 8.02. The van der Waals surface area contributed by atoms with Gasteiger partial charge in [0, 0.05) is 24.8 Å². The van der Waals surface area contributed by atoms with Gasteiger partial charge in [-0.15, -0.1) is 0 Å². The van der Waals surface area contributed by atoms with Gasteiger partial charge < -0.3 is 15.4 Å². The third kappa shape index (κ3) is 6.70. The van der Waals surface area contributed by atoms with Crippen molar-refractivity contribution in [2.45, 2.75) is 31.8 Å². The molecule has 0 aliphatic carbocycles. The first-order valence-electron chi connectivity index (χ1n) is 8.82. The fourth-order valence-electron chi connectivity index (χ4n) is 2.77. The summed E-state index contributed by atoms with van der Waals surface area (Å²) in [4.78, 5) is 36.5. The van der Waals surface area contributed by atoms with Crippen molar-refractivity contribution >= 4 is 29.4 Å². The Morgan fingerprint density at radius 3 is 2.04 bits per heavy atom. The predicted molar refractivity (Wildman–Crippen MR) is 107 cm³/mol. The van der Waals surface area contributed by atoms with Crippen molar-refractivity contribution in [2.75, 3.05) is 7.11 Å². The molecule has 0 spiro atoms. The molecule has 7 heteroatoms. The van der Waals surface area contributed by atoms with Crippen molar-refractivity contribution in [3.05, 3.63) is 70.7 Å². The first-order valence-corrected chi connectivity index (χ1v) is 9.20. The Hall–Kier alpha value is -2.86. The van der Waals surface area contributed by atoms with Gasteiger partial charge in [-0.2, -0.15) is 0 Å². The highest BCUT2D eigenvalue weighted by molar-refractivity contribution is 6.30. The monoisotopic (exact) mass is 402 g/mol. The van der Waals surface area contributed by atoms with E-state index < -0.39 is 24.0 Å². The molecule has 0 heterocycles. The van der Waals surface area contributed by atoms with E-state index in [-0.39, 0.29) is 12.3 Å². The number of amides is 2. The van der Waals surface area contributed by atoms with Crippen LogP contribution in [0.15, 0.2) is 54.6 Å². The SMILES string of the molecule is COC(=O)[C@H](Cc1ccc(Cl)cc1)NC(=O)[C@@H](Cc1ccccc1)NC(C)=O. The molecule has 0 unspecified atom stereocenters. The van der Waals surface area contributed by atoms with Crippen LogP contribution in [0.3, 0.4) is 0 Å². The maximum absolute atomic E-state index is 12.8. The van der Waals surface area contributed by atoms with Crippen LogP contribution in [0.2, 0.25) is 5.02 Å². The number of methoxy groups -OCH3 is 1. The summed E-state index contributed by atoms with van der Waals surface area (Å²) in [6.45, 7) is 1.34. The smallest absolute Gasteiger partial charge is 0.328 e. The van der Waals surface area contributed by atoms with E-state index in [2.05, 4.69) is 10.6 Å². The van der Waals surface area contributed by atoms with Crippen molar-refractivity contribution < 1.29 is 19.1 Å². The molecule has 0 saturated heterocycles. The predicted octanol–water partition coefficient (Wildman–Crippen LogP) is 2.29. The van der Waals surface area contributed by atoms with Gasteiger partial charge in [-0.25, -0.2) is 4.79 Å². The molecule has 2 rings (SSSR count). The summed E-state index contributed by atoms with van der Waals surface area (Å²) in [5, 5.41) is 5.92. The number of halogens is 1. The number of esters is 1. The lowest BCUT2D eigenvalue weighted by Crippen LogP contribution is -2.53. The minimum atomic E-state index is -0.884. The van der Waals surface area contributed by atoms with E-state index in [1.54, 1.807) is 24.3 Å². The van der Waals surface area contributed by atoms with Gasteiger partial charge in [0.25, 0.3) is 0 Å². The Labute approximate surface area is 169 Å². The Balaban J connectivity index is 2.14. The van der Waals surface area contributed by atoms with Crippen LogP contribution in [0.25, 0.3) is 0 Å². The third-order valence-electron chi connectivity index (χ3n) is 4.13. The molecular formula is C21H23ClN2O4. The number of carbonyl (C=O) groups excluding carboxylic acids is 3. The van der Waals surface area contributed by atoms with Gasteiger partial charge in [0.2, 0.25) is 11.8 Å². The van der Waals surface area contributed by atoms with Gasteiger partial charge in [-0.05, 0) is 23.3 Å². The van der Waals surface area contributed by atoms with Gasteiger partial charge in [0.05, 0.1) is 7.11 Å². The molecule has 0 aliphatic rings. The quantitative estimate of drug-likeness (QED) is 0.663. The highest BCUT2D eigenvalue weighted by atomic mass is 35.5. The lowest BCUT2D eigenvalue weighted by Gasteiger charge is -2.22. The Morgan fingerprint density at radius 1 is 0.893 bits per heavy atom. The lowest BCUT2D eigenvalue weighted by molar-refractivity contribution is -0.145. The molecule has 0 fully saturated rings. The summed E-state index contributed by atoms with van der Waals surface area (Å²) < 4.78 is 4.82.